The number of carbonyl (C=O) groups excluding carboxylic acids is 1. The lowest BCUT2D eigenvalue weighted by molar-refractivity contribution is -0.251. The highest BCUT2D eigenvalue weighted by Gasteiger charge is 2.36. The van der Waals surface area contributed by atoms with Gasteiger partial charge >= 0.3 is 6.09 Å². The number of aliphatic hydroxyl groups excluding tert-OH is 2. The first-order valence-electron chi connectivity index (χ1n) is 26.3. The number of amides is 1. The monoisotopic (exact) mass is 1010 g/mol. The van der Waals surface area contributed by atoms with Gasteiger partial charge in [-0.1, -0.05) is 72.8 Å². The van der Waals surface area contributed by atoms with Crippen molar-refractivity contribution in [1.29, 1.82) is 0 Å². The zero-order valence-corrected chi connectivity index (χ0v) is 42.0. The molecule has 1 amide bonds. The third-order valence-corrected chi connectivity index (χ3v) is 14.1. The summed E-state index contributed by atoms with van der Waals surface area (Å²) in [5.41, 5.74) is 1.73. The number of hydrogen-bond donors (Lipinski definition) is 6. The molecule has 4 aromatic carbocycles. The first-order chi connectivity index (χ1) is 35.4. The maximum absolute atomic E-state index is 12.7. The van der Waals surface area contributed by atoms with Crippen LogP contribution in [0.25, 0.3) is 0 Å². The van der Waals surface area contributed by atoms with Gasteiger partial charge in [0.25, 0.3) is 0 Å². The van der Waals surface area contributed by atoms with Crippen molar-refractivity contribution < 1.29 is 73.0 Å². The Balaban J connectivity index is 0.819. The summed E-state index contributed by atoms with van der Waals surface area (Å²) in [5, 5.41) is 57.1. The van der Waals surface area contributed by atoms with Gasteiger partial charge in [-0.25, -0.2) is 4.79 Å². The molecule has 0 radical (unpaired) electrons. The number of benzene rings is 4. The van der Waals surface area contributed by atoms with E-state index in [1.807, 2.05) is 44.2 Å². The van der Waals surface area contributed by atoms with Gasteiger partial charge in [-0.3, -0.25) is 0 Å². The maximum atomic E-state index is 12.7. The number of rotatable bonds is 22. The van der Waals surface area contributed by atoms with Crippen LogP contribution in [-0.4, -0.2) is 106 Å². The van der Waals surface area contributed by atoms with Gasteiger partial charge in [-0.15, -0.1) is 0 Å². The molecule has 0 aromatic heterocycles. The Morgan fingerprint density at radius 3 is 1.41 bits per heavy atom. The molecule has 13 unspecified atom stereocenters. The Labute approximate surface area is 428 Å². The van der Waals surface area contributed by atoms with E-state index in [2.05, 4.69) is 5.32 Å². The molecule has 8 rings (SSSR count). The van der Waals surface area contributed by atoms with Crippen LogP contribution in [0.1, 0.15) is 146 Å². The van der Waals surface area contributed by atoms with E-state index in [-0.39, 0.29) is 72.6 Å². The number of phenolic OH excluding ortho intramolecular Hbond substituents is 3. The predicted molar refractivity (Wildman–Crippen MR) is 268 cm³/mol. The van der Waals surface area contributed by atoms with Crippen molar-refractivity contribution in [2.24, 2.45) is 0 Å². The molecule has 6 N–H and O–H groups in total. The molecule has 4 fully saturated rings. The summed E-state index contributed by atoms with van der Waals surface area (Å²) in [5.74, 6) is 0.748. The van der Waals surface area contributed by atoms with Crippen molar-refractivity contribution in [1.82, 2.24) is 5.32 Å². The lowest BCUT2D eigenvalue weighted by Gasteiger charge is -2.38. The molecular weight excluding hydrogens is 939 g/mol. The number of hydrogen-bond acceptors (Lipinski definition) is 15. The molecule has 0 bridgehead atoms. The Morgan fingerprint density at radius 1 is 0.507 bits per heavy atom. The smallest absolute Gasteiger partial charge is 0.412 e. The second kappa shape index (κ2) is 27.1. The van der Waals surface area contributed by atoms with Crippen LogP contribution in [0.2, 0.25) is 0 Å². The molecule has 4 aliphatic rings. The van der Waals surface area contributed by atoms with E-state index in [1.165, 1.54) is 0 Å². The molecule has 16 nitrogen and oxygen atoms in total. The minimum atomic E-state index is -0.772. The topological polar surface area (TPSA) is 213 Å². The summed E-state index contributed by atoms with van der Waals surface area (Å²) in [4.78, 5) is 12.7. The van der Waals surface area contributed by atoms with Crippen molar-refractivity contribution in [3.63, 3.8) is 0 Å². The number of ether oxygens (including phenoxy) is 9. The van der Waals surface area contributed by atoms with Gasteiger partial charge in [0.1, 0.15) is 23.0 Å². The molecule has 0 aliphatic carbocycles. The fourth-order valence-electron chi connectivity index (χ4n) is 10.5. The highest BCUT2D eigenvalue weighted by Crippen LogP contribution is 2.40. The van der Waals surface area contributed by atoms with Gasteiger partial charge in [-0.2, -0.15) is 0 Å². The van der Waals surface area contributed by atoms with E-state index >= 15 is 0 Å². The van der Waals surface area contributed by atoms with Gasteiger partial charge in [0.05, 0.1) is 67.6 Å². The molecule has 398 valence electrons. The first-order valence-corrected chi connectivity index (χ1v) is 26.3. The molecule has 4 aliphatic heterocycles. The third-order valence-electron chi connectivity index (χ3n) is 14.1. The third kappa shape index (κ3) is 16.6. The molecule has 0 spiro atoms. The van der Waals surface area contributed by atoms with Crippen LogP contribution < -0.4 is 10.1 Å². The quantitative estimate of drug-likeness (QED) is 0.0432. The largest absolute Gasteiger partial charge is 0.507 e. The summed E-state index contributed by atoms with van der Waals surface area (Å²) in [6, 6.07) is 29.8. The number of nitrogens with one attached hydrogen (secondary N) is 1. The Bertz CT molecular complexity index is 2290. The van der Waals surface area contributed by atoms with E-state index in [4.69, 9.17) is 42.6 Å². The molecule has 4 heterocycles. The average Bonchev–Trinajstić information content (AvgIpc) is 3.36. The van der Waals surface area contributed by atoms with Gasteiger partial charge in [0, 0.05) is 29.5 Å². The second-order valence-corrected chi connectivity index (χ2v) is 20.1. The lowest BCUT2D eigenvalue weighted by atomic mass is 9.95. The summed E-state index contributed by atoms with van der Waals surface area (Å²) in [7, 11) is 0. The summed E-state index contributed by atoms with van der Waals surface area (Å²) in [6.07, 6.45) is 3.19. The minimum Gasteiger partial charge on any atom is -0.507 e. The Kier molecular flexibility index (Phi) is 20.2. The SMILES string of the molecule is CC1CC(CCCC2CC(CC(O)CCCC3CC(CCCC(O)CC4C[C@H](C)OC(c5ccccc5O)O4)OC(c4ccccc4O)O3)OC(CNC(=O)Oc3ccccc3)O2)OC(c2ccccc2O)O1. The summed E-state index contributed by atoms with van der Waals surface area (Å²) < 4.78 is 55.7. The number of phenols is 3. The van der Waals surface area contributed by atoms with Gasteiger partial charge in [-0.05, 0) is 128 Å². The van der Waals surface area contributed by atoms with E-state index < -0.39 is 43.5 Å². The number of aromatic hydroxyl groups is 3. The average molecular weight is 1010 g/mol. The van der Waals surface area contributed by atoms with Crippen LogP contribution in [0, 0.1) is 0 Å². The minimum absolute atomic E-state index is 0.0513. The highest BCUT2D eigenvalue weighted by molar-refractivity contribution is 5.70. The fourth-order valence-corrected chi connectivity index (χ4v) is 10.5. The van der Waals surface area contributed by atoms with Crippen molar-refractivity contribution in [2.45, 2.75) is 196 Å². The van der Waals surface area contributed by atoms with Gasteiger partial charge in [0.15, 0.2) is 25.2 Å². The van der Waals surface area contributed by atoms with Crippen LogP contribution in [-0.2, 0) is 37.9 Å². The Hall–Kier alpha value is -4.85. The zero-order chi connectivity index (χ0) is 51.1. The van der Waals surface area contributed by atoms with Crippen molar-refractivity contribution in [3.05, 3.63) is 120 Å². The molecule has 73 heavy (non-hydrogen) atoms. The van der Waals surface area contributed by atoms with Crippen LogP contribution in [0.15, 0.2) is 103 Å². The van der Waals surface area contributed by atoms with Crippen molar-refractivity contribution in [2.75, 3.05) is 6.54 Å². The maximum Gasteiger partial charge on any atom is 0.412 e. The highest BCUT2D eigenvalue weighted by atomic mass is 16.7. The zero-order valence-electron chi connectivity index (χ0n) is 42.0. The second-order valence-electron chi connectivity index (χ2n) is 20.1. The molecule has 14 atom stereocenters. The van der Waals surface area contributed by atoms with E-state index in [0.717, 1.165) is 19.3 Å². The molecule has 4 aromatic rings. The number of carbonyl (C=O) groups is 1. The summed E-state index contributed by atoms with van der Waals surface area (Å²) in [6.45, 7) is 4.04. The van der Waals surface area contributed by atoms with Gasteiger partial charge < -0.3 is 73.5 Å². The van der Waals surface area contributed by atoms with Gasteiger partial charge in [0.2, 0.25) is 0 Å². The standard InChI is InChI=1S/C57H75NO15/c1-36-29-41(69-54(65-36)47-23-6-9-26-50(47)61)21-14-22-42-34-46(68-53(67-42)35-58-57(64)73-40-17-4-3-5-18-40)32-39(60)16-13-20-44-33-43(70-56(71-44)49-25-8-11-28-52(49)63)19-12-15-38(59)31-45-30-37(2)66-55(72-45)48-24-7-10-27-51(48)62/h3-11,17-18,23-28,36-39,41-46,53-56,59-63H,12-16,19-22,29-35H2,1-2H3,(H,58,64)/t36?,37-,38?,39?,41?,42?,43?,44?,45?,46?,53?,54?,55?,56?/m0/s1. The normalized spacial score (nSPS) is 29.5. The molecule has 16 heteroatoms. The fraction of sp³-hybridized carbons (Fsp3) is 0.561. The molecule has 0 saturated carbocycles. The number of para-hydroxylation sites is 4. The predicted octanol–water partition coefficient (Wildman–Crippen LogP) is 10.1. The first kappa shape index (κ1) is 54.4. The van der Waals surface area contributed by atoms with E-state index in [1.54, 1.807) is 72.8 Å². The Morgan fingerprint density at radius 2 is 0.890 bits per heavy atom. The molecular formula is C57H75NO15. The van der Waals surface area contributed by atoms with Crippen molar-refractivity contribution in [3.8, 4) is 23.0 Å². The summed E-state index contributed by atoms with van der Waals surface area (Å²) >= 11 is 0. The van der Waals surface area contributed by atoms with E-state index in [9.17, 15) is 30.3 Å². The van der Waals surface area contributed by atoms with Crippen LogP contribution >= 0.6 is 0 Å². The van der Waals surface area contributed by atoms with Crippen LogP contribution in [0.5, 0.6) is 23.0 Å². The number of aliphatic hydroxyl groups is 2. The lowest BCUT2D eigenvalue weighted by Crippen LogP contribution is -2.46. The van der Waals surface area contributed by atoms with E-state index in [0.29, 0.717) is 99.5 Å². The van der Waals surface area contributed by atoms with Crippen LogP contribution in [0.3, 0.4) is 0 Å². The molecule has 4 saturated heterocycles. The van der Waals surface area contributed by atoms with Crippen molar-refractivity contribution >= 4 is 6.09 Å². The van der Waals surface area contributed by atoms with Crippen LogP contribution in [0.4, 0.5) is 4.79 Å².